The highest BCUT2D eigenvalue weighted by molar-refractivity contribution is 7.94. The van der Waals surface area contributed by atoms with Crippen molar-refractivity contribution in [2.45, 2.75) is 4.34 Å². The average molecular weight is 429 g/mol. The maximum atomic E-state index is 12.4. The Bertz CT molecular complexity index is 1040. The maximum Gasteiger partial charge on any atom is 0.291 e. The number of nitrogens with zero attached hydrogens (tertiary/aromatic N) is 2. The Hall–Kier alpha value is -2.20. The third-order valence-electron chi connectivity index (χ3n) is 3.01. The average Bonchev–Trinajstić information content (AvgIpc) is 3.03. The molecule has 3 rings (SSSR count). The lowest BCUT2D eigenvalue weighted by molar-refractivity contribution is 0.102. The van der Waals surface area contributed by atoms with E-state index in [9.17, 15) is 13.2 Å². The molecule has 26 heavy (non-hydrogen) atoms. The zero-order valence-corrected chi connectivity index (χ0v) is 16.0. The van der Waals surface area contributed by atoms with Gasteiger partial charge in [0.2, 0.25) is 5.13 Å². The second-order valence-electron chi connectivity index (χ2n) is 4.96. The van der Waals surface area contributed by atoms with Gasteiger partial charge in [0.05, 0.1) is 5.69 Å². The molecule has 0 bridgehead atoms. The standard InChI is InChI=1S/C15H10Cl2N4O3S2/c16-10-6-11(17)8-12(7-10)21-26(23,24)15-20-19-14(25-15)18-13(22)9-4-2-1-3-5-9/h1-8,21H,(H,18,19,22). The van der Waals surface area contributed by atoms with Crippen molar-refractivity contribution in [3.05, 3.63) is 64.1 Å². The zero-order valence-electron chi connectivity index (χ0n) is 12.8. The van der Waals surface area contributed by atoms with Crippen molar-refractivity contribution in [2.75, 3.05) is 10.0 Å². The summed E-state index contributed by atoms with van der Waals surface area (Å²) in [6.45, 7) is 0. The Kier molecular flexibility index (Phi) is 5.42. The molecule has 0 saturated heterocycles. The van der Waals surface area contributed by atoms with Gasteiger partial charge in [0.1, 0.15) is 0 Å². The molecular formula is C15H10Cl2N4O3S2. The van der Waals surface area contributed by atoms with E-state index in [1.807, 2.05) is 0 Å². The molecule has 0 fully saturated rings. The van der Waals surface area contributed by atoms with Crippen LogP contribution in [0.2, 0.25) is 10.0 Å². The van der Waals surface area contributed by atoms with E-state index in [4.69, 9.17) is 23.2 Å². The van der Waals surface area contributed by atoms with Gasteiger partial charge in [-0.25, -0.2) is 0 Å². The summed E-state index contributed by atoms with van der Waals surface area (Å²) in [6.07, 6.45) is 0. The van der Waals surface area contributed by atoms with Gasteiger partial charge in [-0.3, -0.25) is 14.8 Å². The molecule has 0 spiro atoms. The van der Waals surface area contributed by atoms with Crippen molar-refractivity contribution in [2.24, 2.45) is 0 Å². The lowest BCUT2D eigenvalue weighted by Crippen LogP contribution is -2.12. The third-order valence-corrected chi connectivity index (χ3v) is 6.03. The Morgan fingerprint density at radius 3 is 2.31 bits per heavy atom. The summed E-state index contributed by atoms with van der Waals surface area (Å²) in [4.78, 5) is 12.1. The van der Waals surface area contributed by atoms with Crippen LogP contribution in [-0.2, 0) is 10.0 Å². The smallest absolute Gasteiger partial charge is 0.291 e. The van der Waals surface area contributed by atoms with E-state index < -0.39 is 15.9 Å². The van der Waals surface area contributed by atoms with Crippen LogP contribution < -0.4 is 10.0 Å². The molecule has 0 aliphatic carbocycles. The zero-order chi connectivity index (χ0) is 18.7. The fraction of sp³-hybridized carbons (Fsp3) is 0. The number of rotatable bonds is 5. The lowest BCUT2D eigenvalue weighted by atomic mass is 10.2. The second-order valence-corrected chi connectivity index (χ2v) is 8.66. The first-order chi connectivity index (χ1) is 12.3. The second kappa shape index (κ2) is 7.58. The summed E-state index contributed by atoms with van der Waals surface area (Å²) >= 11 is 12.4. The molecule has 2 N–H and O–H groups in total. The van der Waals surface area contributed by atoms with Crippen molar-refractivity contribution in [3.63, 3.8) is 0 Å². The number of carbonyl (C=O) groups is 1. The first kappa shape index (κ1) is 18.6. The van der Waals surface area contributed by atoms with E-state index in [1.54, 1.807) is 30.3 Å². The normalized spacial score (nSPS) is 11.2. The predicted molar refractivity (Wildman–Crippen MR) is 102 cm³/mol. The van der Waals surface area contributed by atoms with Crippen molar-refractivity contribution in [3.8, 4) is 0 Å². The Balaban J connectivity index is 1.76. The fourth-order valence-corrected chi connectivity index (χ4v) is 4.40. The van der Waals surface area contributed by atoms with Crippen molar-refractivity contribution in [1.29, 1.82) is 0 Å². The van der Waals surface area contributed by atoms with E-state index in [0.29, 0.717) is 5.56 Å². The molecule has 1 aromatic heterocycles. The molecule has 7 nitrogen and oxygen atoms in total. The summed E-state index contributed by atoms with van der Waals surface area (Å²) < 4.78 is 26.8. The number of carbonyl (C=O) groups excluding carboxylic acids is 1. The number of hydrogen-bond acceptors (Lipinski definition) is 6. The minimum atomic E-state index is -4.00. The van der Waals surface area contributed by atoms with Crippen LogP contribution in [0.5, 0.6) is 0 Å². The Morgan fingerprint density at radius 1 is 1.00 bits per heavy atom. The topological polar surface area (TPSA) is 101 Å². The van der Waals surface area contributed by atoms with Gasteiger partial charge in [-0.15, -0.1) is 10.2 Å². The SMILES string of the molecule is O=C(Nc1nnc(S(=O)(=O)Nc2cc(Cl)cc(Cl)c2)s1)c1ccccc1. The van der Waals surface area contributed by atoms with Gasteiger partial charge in [0, 0.05) is 15.6 Å². The summed E-state index contributed by atoms with van der Waals surface area (Å²) in [5, 5.41) is 10.4. The molecule has 0 aliphatic heterocycles. The summed E-state index contributed by atoms with van der Waals surface area (Å²) in [5.74, 6) is -0.416. The molecule has 3 aromatic rings. The van der Waals surface area contributed by atoms with Crippen LogP contribution in [0.4, 0.5) is 10.8 Å². The van der Waals surface area contributed by atoms with Gasteiger partial charge < -0.3 is 0 Å². The number of hydrogen-bond donors (Lipinski definition) is 2. The van der Waals surface area contributed by atoms with Crippen LogP contribution in [-0.4, -0.2) is 24.5 Å². The molecule has 0 atom stereocenters. The highest BCUT2D eigenvalue weighted by atomic mass is 35.5. The number of aromatic nitrogens is 2. The van der Waals surface area contributed by atoms with E-state index in [-0.39, 0.29) is 25.2 Å². The molecule has 2 aromatic carbocycles. The monoisotopic (exact) mass is 428 g/mol. The molecular weight excluding hydrogens is 419 g/mol. The van der Waals surface area contributed by atoms with E-state index in [1.165, 1.54) is 18.2 Å². The number of amides is 1. The minimum absolute atomic E-state index is 0.0587. The van der Waals surface area contributed by atoms with Gasteiger partial charge in [-0.2, -0.15) is 8.42 Å². The van der Waals surface area contributed by atoms with E-state index >= 15 is 0 Å². The predicted octanol–water partition coefficient (Wildman–Crippen LogP) is 3.90. The number of halogens is 2. The number of sulfonamides is 1. The van der Waals surface area contributed by atoms with Crippen molar-refractivity contribution < 1.29 is 13.2 Å². The van der Waals surface area contributed by atoms with Crippen LogP contribution >= 0.6 is 34.5 Å². The van der Waals surface area contributed by atoms with Crippen LogP contribution in [0, 0.1) is 0 Å². The third kappa shape index (κ3) is 4.50. The number of nitrogens with one attached hydrogen (secondary N) is 2. The molecule has 11 heteroatoms. The number of benzene rings is 2. The largest absolute Gasteiger partial charge is 0.296 e. The molecule has 134 valence electrons. The lowest BCUT2D eigenvalue weighted by Gasteiger charge is -2.06. The van der Waals surface area contributed by atoms with E-state index in [0.717, 1.165) is 11.3 Å². The quantitative estimate of drug-likeness (QED) is 0.600. The van der Waals surface area contributed by atoms with Crippen molar-refractivity contribution in [1.82, 2.24) is 10.2 Å². The molecule has 0 aliphatic rings. The summed E-state index contributed by atoms with van der Waals surface area (Å²) in [6, 6.07) is 12.7. The fourth-order valence-electron chi connectivity index (χ4n) is 1.94. The first-order valence-corrected chi connectivity index (χ1v) is 10.1. The Morgan fingerprint density at radius 2 is 1.65 bits per heavy atom. The summed E-state index contributed by atoms with van der Waals surface area (Å²) in [7, 11) is -4.00. The van der Waals surface area contributed by atoms with Gasteiger partial charge in [-0.1, -0.05) is 52.7 Å². The van der Waals surface area contributed by atoms with Crippen LogP contribution in [0.3, 0.4) is 0 Å². The van der Waals surface area contributed by atoms with Crippen molar-refractivity contribution >= 4 is 61.3 Å². The molecule has 0 radical (unpaired) electrons. The molecule has 0 saturated carbocycles. The van der Waals surface area contributed by atoms with Crippen LogP contribution in [0.1, 0.15) is 10.4 Å². The maximum absolute atomic E-state index is 12.4. The van der Waals surface area contributed by atoms with Gasteiger partial charge in [-0.05, 0) is 30.3 Å². The molecule has 0 unspecified atom stereocenters. The van der Waals surface area contributed by atoms with Gasteiger partial charge >= 0.3 is 0 Å². The molecule has 1 amide bonds. The molecule has 1 heterocycles. The number of anilines is 2. The summed E-state index contributed by atoms with van der Waals surface area (Å²) in [5.41, 5.74) is 0.603. The highest BCUT2D eigenvalue weighted by Gasteiger charge is 2.21. The van der Waals surface area contributed by atoms with E-state index in [2.05, 4.69) is 20.2 Å². The Labute approximate surface area is 163 Å². The van der Waals surface area contributed by atoms with Crippen LogP contribution in [0.15, 0.2) is 52.9 Å². The first-order valence-electron chi connectivity index (χ1n) is 7.02. The van der Waals surface area contributed by atoms with Gasteiger partial charge in [0.15, 0.2) is 0 Å². The van der Waals surface area contributed by atoms with Gasteiger partial charge in [0.25, 0.3) is 20.3 Å². The highest BCUT2D eigenvalue weighted by Crippen LogP contribution is 2.26. The minimum Gasteiger partial charge on any atom is -0.296 e. The van der Waals surface area contributed by atoms with Crippen LogP contribution in [0.25, 0.3) is 0 Å².